The van der Waals surface area contributed by atoms with Gasteiger partial charge in [0.2, 0.25) is 0 Å². The molecule has 1 saturated carbocycles. The van der Waals surface area contributed by atoms with Crippen LogP contribution in [0.1, 0.15) is 32.6 Å². The third kappa shape index (κ3) is 4.29. The molecule has 0 aromatic heterocycles. The predicted octanol–water partition coefficient (Wildman–Crippen LogP) is 4.13. The topological polar surface area (TPSA) is 15.3 Å². The Morgan fingerprint density at radius 3 is 2.72 bits per heavy atom. The summed E-state index contributed by atoms with van der Waals surface area (Å²) in [6, 6.07) is 9.20. The van der Waals surface area contributed by atoms with Crippen LogP contribution < -0.4 is 5.32 Å². The van der Waals surface area contributed by atoms with E-state index >= 15 is 0 Å². The Morgan fingerprint density at radius 2 is 2.06 bits per heavy atom. The number of nitrogens with one attached hydrogen (secondary N) is 1. The minimum Gasteiger partial charge on any atom is -0.383 e. The molecule has 1 aromatic rings. The number of para-hydroxylation sites is 1. The predicted molar refractivity (Wildman–Crippen MR) is 82.1 cm³/mol. The van der Waals surface area contributed by atoms with Crippen molar-refractivity contribution in [1.29, 1.82) is 0 Å². The highest BCUT2D eigenvalue weighted by atomic mass is 79.9. The van der Waals surface area contributed by atoms with E-state index in [1.807, 2.05) is 6.07 Å². The van der Waals surface area contributed by atoms with E-state index in [9.17, 15) is 0 Å². The molecule has 1 aliphatic rings. The second-order valence-electron chi connectivity index (χ2n) is 5.03. The lowest BCUT2D eigenvalue weighted by molar-refractivity contribution is 0.269. The fraction of sp³-hybridized carbons (Fsp3) is 0.600. The SMILES string of the molecule is CCCCN(CCNc1ccccc1Br)C1CC1. The average molecular weight is 311 g/mol. The molecule has 1 aliphatic carbocycles. The summed E-state index contributed by atoms with van der Waals surface area (Å²) in [5.41, 5.74) is 1.20. The van der Waals surface area contributed by atoms with Crippen molar-refractivity contribution >= 4 is 21.6 Å². The molecular weight excluding hydrogens is 288 g/mol. The van der Waals surface area contributed by atoms with Crippen molar-refractivity contribution in [2.45, 2.75) is 38.6 Å². The Hall–Kier alpha value is -0.540. The zero-order valence-electron chi connectivity index (χ0n) is 11.2. The molecule has 0 saturated heterocycles. The second-order valence-corrected chi connectivity index (χ2v) is 5.88. The highest BCUT2D eigenvalue weighted by Crippen LogP contribution is 2.27. The maximum absolute atomic E-state index is 3.57. The molecule has 0 aliphatic heterocycles. The lowest BCUT2D eigenvalue weighted by Crippen LogP contribution is -2.32. The molecule has 0 amide bonds. The van der Waals surface area contributed by atoms with Crippen molar-refractivity contribution in [1.82, 2.24) is 4.90 Å². The van der Waals surface area contributed by atoms with Crippen LogP contribution in [0.25, 0.3) is 0 Å². The number of halogens is 1. The van der Waals surface area contributed by atoms with Crippen molar-refractivity contribution in [3.8, 4) is 0 Å². The highest BCUT2D eigenvalue weighted by molar-refractivity contribution is 9.10. The average Bonchev–Trinajstić information content (AvgIpc) is 3.20. The van der Waals surface area contributed by atoms with Gasteiger partial charge in [-0.1, -0.05) is 25.5 Å². The molecule has 1 aromatic carbocycles. The summed E-state index contributed by atoms with van der Waals surface area (Å²) in [7, 11) is 0. The highest BCUT2D eigenvalue weighted by Gasteiger charge is 2.27. The van der Waals surface area contributed by atoms with Crippen LogP contribution in [0.3, 0.4) is 0 Å². The third-order valence-corrected chi connectivity index (χ3v) is 4.14. The van der Waals surface area contributed by atoms with Crippen molar-refractivity contribution in [2.24, 2.45) is 0 Å². The van der Waals surface area contributed by atoms with Crippen LogP contribution in [0.15, 0.2) is 28.7 Å². The van der Waals surface area contributed by atoms with Gasteiger partial charge in [-0.3, -0.25) is 4.90 Å². The van der Waals surface area contributed by atoms with Crippen LogP contribution in [0.2, 0.25) is 0 Å². The molecule has 2 nitrogen and oxygen atoms in total. The van der Waals surface area contributed by atoms with E-state index in [2.05, 4.69) is 51.3 Å². The summed E-state index contributed by atoms with van der Waals surface area (Å²) in [6.07, 6.45) is 5.42. The fourth-order valence-corrected chi connectivity index (χ4v) is 2.64. The molecule has 100 valence electrons. The first-order valence-corrected chi connectivity index (χ1v) is 7.83. The van der Waals surface area contributed by atoms with Crippen LogP contribution in [-0.4, -0.2) is 30.6 Å². The van der Waals surface area contributed by atoms with Crippen molar-refractivity contribution in [2.75, 3.05) is 25.0 Å². The smallest absolute Gasteiger partial charge is 0.0485 e. The molecule has 0 unspecified atom stereocenters. The molecular formula is C15H23BrN2. The van der Waals surface area contributed by atoms with Gasteiger partial charge in [-0.2, -0.15) is 0 Å². The Balaban J connectivity index is 1.74. The Morgan fingerprint density at radius 1 is 1.28 bits per heavy atom. The van der Waals surface area contributed by atoms with E-state index in [0.717, 1.165) is 23.6 Å². The zero-order chi connectivity index (χ0) is 12.8. The van der Waals surface area contributed by atoms with Gasteiger partial charge in [0.1, 0.15) is 0 Å². The second kappa shape index (κ2) is 7.15. The lowest BCUT2D eigenvalue weighted by Gasteiger charge is -2.22. The van der Waals surface area contributed by atoms with E-state index in [4.69, 9.17) is 0 Å². The molecule has 2 rings (SSSR count). The minimum absolute atomic E-state index is 0.873. The van der Waals surface area contributed by atoms with Gasteiger partial charge in [0, 0.05) is 29.3 Å². The molecule has 0 spiro atoms. The van der Waals surface area contributed by atoms with Crippen molar-refractivity contribution in [3.05, 3.63) is 28.7 Å². The molecule has 0 heterocycles. The summed E-state index contributed by atoms with van der Waals surface area (Å²) < 4.78 is 1.15. The standard InChI is InChI=1S/C15H23BrN2/c1-2-3-11-18(13-8-9-13)12-10-17-15-7-5-4-6-14(15)16/h4-7,13,17H,2-3,8-12H2,1H3. The van der Waals surface area contributed by atoms with Gasteiger partial charge in [0.05, 0.1) is 0 Å². The van der Waals surface area contributed by atoms with Crippen LogP contribution in [0.4, 0.5) is 5.69 Å². The lowest BCUT2D eigenvalue weighted by atomic mass is 10.3. The van der Waals surface area contributed by atoms with Crippen LogP contribution in [0, 0.1) is 0 Å². The van der Waals surface area contributed by atoms with Gasteiger partial charge in [0.15, 0.2) is 0 Å². The number of hydrogen-bond acceptors (Lipinski definition) is 2. The van der Waals surface area contributed by atoms with Gasteiger partial charge in [-0.05, 0) is 53.9 Å². The molecule has 0 atom stereocenters. The van der Waals surface area contributed by atoms with Gasteiger partial charge in [-0.25, -0.2) is 0 Å². The number of anilines is 1. The normalized spacial score (nSPS) is 15.1. The van der Waals surface area contributed by atoms with Gasteiger partial charge in [0.25, 0.3) is 0 Å². The van der Waals surface area contributed by atoms with Crippen LogP contribution in [-0.2, 0) is 0 Å². The maximum Gasteiger partial charge on any atom is 0.0485 e. The monoisotopic (exact) mass is 310 g/mol. The molecule has 0 bridgehead atoms. The largest absolute Gasteiger partial charge is 0.383 e. The molecule has 0 radical (unpaired) electrons. The van der Waals surface area contributed by atoms with Gasteiger partial charge >= 0.3 is 0 Å². The third-order valence-electron chi connectivity index (χ3n) is 3.45. The summed E-state index contributed by atoms with van der Waals surface area (Å²) in [5.74, 6) is 0. The fourth-order valence-electron chi connectivity index (χ4n) is 2.22. The quantitative estimate of drug-likeness (QED) is 0.777. The van der Waals surface area contributed by atoms with E-state index in [1.165, 1.54) is 37.9 Å². The Bertz CT molecular complexity index is 363. The number of nitrogens with zero attached hydrogens (tertiary/aromatic N) is 1. The maximum atomic E-state index is 3.57. The summed E-state index contributed by atoms with van der Waals surface area (Å²) >= 11 is 3.57. The first-order chi connectivity index (χ1) is 8.81. The van der Waals surface area contributed by atoms with Gasteiger partial charge in [-0.15, -0.1) is 0 Å². The van der Waals surface area contributed by atoms with E-state index < -0.39 is 0 Å². The Kier molecular flexibility index (Phi) is 5.51. The summed E-state index contributed by atoms with van der Waals surface area (Å²) in [5, 5.41) is 3.51. The number of unbranched alkanes of at least 4 members (excludes halogenated alkanes) is 1. The first kappa shape index (κ1) is 13.9. The molecule has 3 heteroatoms. The van der Waals surface area contributed by atoms with Crippen molar-refractivity contribution < 1.29 is 0 Å². The Labute approximate surface area is 119 Å². The van der Waals surface area contributed by atoms with Crippen LogP contribution in [0.5, 0.6) is 0 Å². The van der Waals surface area contributed by atoms with Crippen molar-refractivity contribution in [3.63, 3.8) is 0 Å². The molecule has 1 fully saturated rings. The summed E-state index contributed by atoms with van der Waals surface area (Å²) in [4.78, 5) is 2.65. The van der Waals surface area contributed by atoms with E-state index in [-0.39, 0.29) is 0 Å². The van der Waals surface area contributed by atoms with E-state index in [1.54, 1.807) is 0 Å². The number of hydrogen-bond donors (Lipinski definition) is 1. The van der Waals surface area contributed by atoms with Crippen LogP contribution >= 0.6 is 15.9 Å². The van der Waals surface area contributed by atoms with Gasteiger partial charge < -0.3 is 5.32 Å². The first-order valence-electron chi connectivity index (χ1n) is 7.03. The summed E-state index contributed by atoms with van der Waals surface area (Å²) in [6.45, 7) is 5.72. The molecule has 1 N–H and O–H groups in total. The minimum atomic E-state index is 0.873. The zero-order valence-corrected chi connectivity index (χ0v) is 12.7. The molecule has 18 heavy (non-hydrogen) atoms. The number of rotatable bonds is 8. The van der Waals surface area contributed by atoms with E-state index in [0.29, 0.717) is 0 Å². The number of benzene rings is 1.